The predicted octanol–water partition coefficient (Wildman–Crippen LogP) is 4.97. The van der Waals surface area contributed by atoms with Crippen LogP contribution in [-0.4, -0.2) is 12.8 Å². The number of hydrogen-bond acceptors (Lipinski definition) is 2. The van der Waals surface area contributed by atoms with Crippen molar-refractivity contribution in [1.29, 1.82) is 0 Å². The van der Waals surface area contributed by atoms with Gasteiger partial charge in [0.25, 0.3) is 0 Å². The fourth-order valence-corrected chi connectivity index (χ4v) is 3.84. The Morgan fingerprint density at radius 3 is 2.44 bits per heavy atom. The fraction of sp³-hybridized carbons (Fsp3) is 0.692. The summed E-state index contributed by atoms with van der Waals surface area (Å²) < 4.78 is 18.1. The number of rotatable bonds is 9. The van der Waals surface area contributed by atoms with Crippen molar-refractivity contribution in [3.05, 3.63) is 24.0 Å². The zero-order chi connectivity index (χ0) is 12.4. The first-order chi connectivity index (χ1) is 7.64. The second-order valence-corrected chi connectivity index (χ2v) is 6.34. The third kappa shape index (κ3) is 5.14. The topological polar surface area (TPSA) is 26.3 Å². The van der Waals surface area contributed by atoms with E-state index in [0.29, 0.717) is 12.8 Å². The van der Waals surface area contributed by atoms with E-state index in [0.717, 1.165) is 31.0 Å². The maximum absolute atomic E-state index is 12.6. The molecule has 0 N–H and O–H groups in total. The lowest BCUT2D eigenvalue weighted by atomic mass is 10.2. The summed E-state index contributed by atoms with van der Waals surface area (Å²) in [5.74, 6) is 0. The standard InChI is InChI=1S/C13H25O2P/c1-5-9-11-13(10-6-2)16(14,12-7-3)15-8-4/h7,11H,3,5-6,8-10,12H2,1-2,4H3/b13-11+. The molecule has 0 aromatic carbocycles. The van der Waals surface area contributed by atoms with E-state index >= 15 is 0 Å². The van der Waals surface area contributed by atoms with Crippen molar-refractivity contribution in [2.75, 3.05) is 12.8 Å². The van der Waals surface area contributed by atoms with Gasteiger partial charge >= 0.3 is 0 Å². The lowest BCUT2D eigenvalue weighted by molar-refractivity contribution is 0.339. The second kappa shape index (κ2) is 8.78. The summed E-state index contributed by atoms with van der Waals surface area (Å²) in [6.07, 6.45) is 8.18. The van der Waals surface area contributed by atoms with E-state index in [1.54, 1.807) is 6.08 Å². The van der Waals surface area contributed by atoms with Crippen LogP contribution in [0.5, 0.6) is 0 Å². The molecule has 16 heavy (non-hydrogen) atoms. The molecule has 1 atom stereocenters. The van der Waals surface area contributed by atoms with Crippen LogP contribution in [0.4, 0.5) is 0 Å². The van der Waals surface area contributed by atoms with Crippen molar-refractivity contribution < 1.29 is 9.09 Å². The summed E-state index contributed by atoms with van der Waals surface area (Å²) in [5, 5.41) is 0.999. The van der Waals surface area contributed by atoms with Gasteiger partial charge in [0, 0.05) is 11.5 Å². The summed E-state index contributed by atoms with van der Waals surface area (Å²) >= 11 is 0. The van der Waals surface area contributed by atoms with Crippen molar-refractivity contribution in [3.63, 3.8) is 0 Å². The van der Waals surface area contributed by atoms with Crippen LogP contribution in [0.3, 0.4) is 0 Å². The van der Waals surface area contributed by atoms with Crippen LogP contribution < -0.4 is 0 Å². The van der Waals surface area contributed by atoms with Gasteiger partial charge in [-0.3, -0.25) is 4.57 Å². The Bertz CT molecular complexity index is 269. The first-order valence-corrected chi connectivity index (χ1v) is 7.99. The molecule has 0 aromatic rings. The molecule has 3 heteroatoms. The Morgan fingerprint density at radius 1 is 1.31 bits per heavy atom. The SMILES string of the molecule is C=CCP(=O)(OCC)/C(=C/CCC)CCC. The highest BCUT2D eigenvalue weighted by atomic mass is 31.2. The predicted molar refractivity (Wildman–Crippen MR) is 72.2 cm³/mol. The van der Waals surface area contributed by atoms with E-state index in [4.69, 9.17) is 4.52 Å². The molecular weight excluding hydrogens is 219 g/mol. The van der Waals surface area contributed by atoms with Gasteiger partial charge in [0.05, 0.1) is 6.61 Å². The first-order valence-electron chi connectivity index (χ1n) is 6.18. The molecule has 0 amide bonds. The molecule has 0 aliphatic heterocycles. The van der Waals surface area contributed by atoms with E-state index < -0.39 is 7.37 Å². The van der Waals surface area contributed by atoms with E-state index in [1.807, 2.05) is 6.92 Å². The normalized spacial score (nSPS) is 15.8. The molecule has 0 saturated heterocycles. The van der Waals surface area contributed by atoms with Gasteiger partial charge in [-0.1, -0.05) is 38.8 Å². The maximum atomic E-state index is 12.6. The van der Waals surface area contributed by atoms with E-state index in [2.05, 4.69) is 26.5 Å². The van der Waals surface area contributed by atoms with Crippen molar-refractivity contribution in [2.45, 2.75) is 46.5 Å². The Balaban J connectivity index is 4.92. The summed E-state index contributed by atoms with van der Waals surface area (Å²) in [6.45, 7) is 10.3. The summed E-state index contributed by atoms with van der Waals surface area (Å²) in [5.41, 5.74) is 0. The molecule has 0 saturated carbocycles. The summed E-state index contributed by atoms with van der Waals surface area (Å²) in [7, 11) is -2.63. The Labute approximate surface area is 100 Å². The zero-order valence-electron chi connectivity index (χ0n) is 10.9. The number of allylic oxidation sites excluding steroid dienone is 3. The number of unbranched alkanes of at least 4 members (excludes halogenated alkanes) is 1. The molecular formula is C13H25O2P. The highest BCUT2D eigenvalue weighted by Gasteiger charge is 2.25. The Morgan fingerprint density at radius 2 is 2.00 bits per heavy atom. The summed E-state index contributed by atoms with van der Waals surface area (Å²) in [4.78, 5) is 0. The molecule has 0 aliphatic carbocycles. The molecule has 0 heterocycles. The average Bonchev–Trinajstić information content (AvgIpc) is 2.24. The van der Waals surface area contributed by atoms with Crippen LogP contribution in [0.25, 0.3) is 0 Å². The fourth-order valence-electron chi connectivity index (χ4n) is 1.61. The number of hydrogen-bond donors (Lipinski definition) is 0. The Hall–Kier alpha value is -0.330. The monoisotopic (exact) mass is 244 g/mol. The zero-order valence-corrected chi connectivity index (χ0v) is 11.8. The average molecular weight is 244 g/mol. The summed E-state index contributed by atoms with van der Waals surface area (Å²) in [6, 6.07) is 0. The minimum Gasteiger partial charge on any atom is -0.326 e. The van der Waals surface area contributed by atoms with Crippen molar-refractivity contribution in [3.8, 4) is 0 Å². The first kappa shape index (κ1) is 15.7. The quantitative estimate of drug-likeness (QED) is 0.422. The molecule has 0 fully saturated rings. The molecule has 2 nitrogen and oxygen atoms in total. The van der Waals surface area contributed by atoms with E-state index in [9.17, 15) is 4.57 Å². The van der Waals surface area contributed by atoms with Gasteiger partial charge in [-0.05, 0) is 19.8 Å². The van der Waals surface area contributed by atoms with Crippen LogP contribution in [0.15, 0.2) is 24.0 Å². The van der Waals surface area contributed by atoms with Gasteiger partial charge in [0.2, 0.25) is 7.37 Å². The van der Waals surface area contributed by atoms with Crippen LogP contribution in [-0.2, 0) is 9.09 Å². The molecule has 0 radical (unpaired) electrons. The van der Waals surface area contributed by atoms with Crippen molar-refractivity contribution in [2.24, 2.45) is 0 Å². The van der Waals surface area contributed by atoms with Crippen LogP contribution >= 0.6 is 7.37 Å². The van der Waals surface area contributed by atoms with Crippen LogP contribution in [0.2, 0.25) is 0 Å². The largest absolute Gasteiger partial charge is 0.326 e. The molecule has 0 rings (SSSR count). The van der Waals surface area contributed by atoms with Crippen molar-refractivity contribution in [1.82, 2.24) is 0 Å². The van der Waals surface area contributed by atoms with Gasteiger partial charge in [-0.15, -0.1) is 6.58 Å². The lowest BCUT2D eigenvalue weighted by Gasteiger charge is -2.19. The minimum atomic E-state index is -2.63. The molecule has 1 unspecified atom stereocenters. The Kier molecular flexibility index (Phi) is 8.60. The molecule has 0 spiro atoms. The highest BCUT2D eigenvalue weighted by Crippen LogP contribution is 2.56. The van der Waals surface area contributed by atoms with E-state index in [-0.39, 0.29) is 0 Å². The molecule has 94 valence electrons. The molecule has 0 bridgehead atoms. The molecule has 0 aromatic heterocycles. The third-order valence-electron chi connectivity index (χ3n) is 2.32. The van der Waals surface area contributed by atoms with Crippen molar-refractivity contribution >= 4 is 7.37 Å². The highest BCUT2D eigenvalue weighted by molar-refractivity contribution is 7.63. The second-order valence-electron chi connectivity index (χ2n) is 3.80. The van der Waals surface area contributed by atoms with Gasteiger partial charge in [-0.25, -0.2) is 0 Å². The van der Waals surface area contributed by atoms with Gasteiger partial charge < -0.3 is 4.52 Å². The smallest absolute Gasteiger partial charge is 0.231 e. The molecule has 0 aliphatic rings. The van der Waals surface area contributed by atoms with Crippen LogP contribution in [0.1, 0.15) is 46.5 Å². The third-order valence-corrected chi connectivity index (χ3v) is 5.02. The maximum Gasteiger partial charge on any atom is 0.231 e. The van der Waals surface area contributed by atoms with E-state index in [1.165, 1.54) is 0 Å². The van der Waals surface area contributed by atoms with Crippen LogP contribution in [0, 0.1) is 0 Å². The lowest BCUT2D eigenvalue weighted by Crippen LogP contribution is -1.97. The minimum absolute atomic E-state index is 0.455. The van der Waals surface area contributed by atoms with Gasteiger partial charge in [0.15, 0.2) is 0 Å². The van der Waals surface area contributed by atoms with Gasteiger partial charge in [-0.2, -0.15) is 0 Å². The van der Waals surface area contributed by atoms with Gasteiger partial charge in [0.1, 0.15) is 0 Å².